The molecule has 1 aliphatic heterocycles. The van der Waals surface area contributed by atoms with Crippen molar-refractivity contribution in [3.05, 3.63) is 24.2 Å². The zero-order chi connectivity index (χ0) is 18.1. The molecule has 1 aromatic rings. The second kappa shape index (κ2) is 11.8. The lowest BCUT2D eigenvalue weighted by Gasteiger charge is -2.26. The Hall–Kier alpha value is -0.850. The van der Waals surface area contributed by atoms with Gasteiger partial charge in [0.15, 0.2) is 5.96 Å². The summed E-state index contributed by atoms with van der Waals surface area (Å²) in [4.78, 5) is 6.60. The molecule has 1 fully saturated rings. The average Bonchev–Trinajstić information content (AvgIpc) is 3.31. The fraction of sp³-hybridized carbons (Fsp3) is 0.688. The molecular weight excluding hydrogens is 469 g/mol. The van der Waals surface area contributed by atoms with Gasteiger partial charge >= 0.3 is 0 Å². The molecule has 0 amide bonds. The van der Waals surface area contributed by atoms with E-state index in [4.69, 9.17) is 4.42 Å². The van der Waals surface area contributed by atoms with Crippen LogP contribution in [-0.2, 0) is 10.0 Å². The summed E-state index contributed by atoms with van der Waals surface area (Å²) in [7, 11) is -1.46. The molecule has 8 nitrogen and oxygen atoms in total. The summed E-state index contributed by atoms with van der Waals surface area (Å²) < 4.78 is 30.9. The summed E-state index contributed by atoms with van der Waals surface area (Å²) in [5, 5.41) is 6.43. The first-order valence-electron chi connectivity index (χ1n) is 8.75. The topological polar surface area (TPSA) is 99.0 Å². The van der Waals surface area contributed by atoms with Crippen LogP contribution in [0.4, 0.5) is 0 Å². The van der Waals surface area contributed by atoms with E-state index in [0.717, 1.165) is 18.8 Å². The lowest BCUT2D eigenvalue weighted by Crippen LogP contribution is -2.44. The Kier molecular flexibility index (Phi) is 10.5. The smallest absolute Gasteiger partial charge is 0.211 e. The van der Waals surface area contributed by atoms with Crippen molar-refractivity contribution in [2.45, 2.75) is 25.8 Å². The minimum Gasteiger partial charge on any atom is -0.468 e. The molecule has 150 valence electrons. The highest BCUT2D eigenvalue weighted by Gasteiger charge is 2.25. The first-order valence-corrected chi connectivity index (χ1v) is 10.4. The Bertz CT molecular complexity index is 630. The van der Waals surface area contributed by atoms with Gasteiger partial charge in [0.25, 0.3) is 0 Å². The third-order valence-corrected chi connectivity index (χ3v) is 5.66. The summed E-state index contributed by atoms with van der Waals surface area (Å²) >= 11 is 0. The van der Waals surface area contributed by atoms with Crippen molar-refractivity contribution in [3.8, 4) is 0 Å². The standard InChI is InChI=1S/C16H29N5O3S.HI/c1-3-25(22,23)20-9-8-18-16(17-2)19-13-14(15-7-6-12-24-15)21-10-4-5-11-21;/h6-7,12,14,20H,3-5,8-11,13H2,1-2H3,(H2,17,18,19);1H. The van der Waals surface area contributed by atoms with Gasteiger partial charge in [-0.25, -0.2) is 13.1 Å². The van der Waals surface area contributed by atoms with E-state index in [1.807, 2.05) is 12.1 Å². The van der Waals surface area contributed by atoms with E-state index in [0.29, 0.717) is 25.6 Å². The number of halogens is 1. The van der Waals surface area contributed by atoms with Gasteiger partial charge in [-0.05, 0) is 45.0 Å². The van der Waals surface area contributed by atoms with Crippen LogP contribution in [0.3, 0.4) is 0 Å². The molecule has 3 N–H and O–H groups in total. The fourth-order valence-corrected chi connectivity index (χ4v) is 3.46. The van der Waals surface area contributed by atoms with Crippen molar-refractivity contribution >= 4 is 40.0 Å². The average molecular weight is 499 g/mol. The van der Waals surface area contributed by atoms with Crippen molar-refractivity contribution in [1.29, 1.82) is 0 Å². The van der Waals surface area contributed by atoms with E-state index in [1.54, 1.807) is 20.2 Å². The van der Waals surface area contributed by atoms with Crippen molar-refractivity contribution in [2.75, 3.05) is 45.5 Å². The molecule has 0 saturated carbocycles. The molecule has 1 saturated heterocycles. The van der Waals surface area contributed by atoms with Crippen molar-refractivity contribution in [2.24, 2.45) is 4.99 Å². The number of nitrogens with one attached hydrogen (secondary N) is 3. The normalized spacial score (nSPS) is 16.9. The highest BCUT2D eigenvalue weighted by atomic mass is 127. The molecular formula is C16H30IN5O3S. The molecule has 2 rings (SSSR count). The third-order valence-electron chi connectivity index (χ3n) is 4.26. The largest absolute Gasteiger partial charge is 0.468 e. The number of rotatable bonds is 9. The van der Waals surface area contributed by atoms with E-state index >= 15 is 0 Å². The first kappa shape index (κ1) is 23.2. The van der Waals surface area contributed by atoms with Gasteiger partial charge in [0.1, 0.15) is 5.76 Å². The quantitative estimate of drug-likeness (QED) is 0.204. The summed E-state index contributed by atoms with van der Waals surface area (Å²) in [5.74, 6) is 1.67. The van der Waals surface area contributed by atoms with Gasteiger partial charge in [-0.3, -0.25) is 9.89 Å². The van der Waals surface area contributed by atoms with Gasteiger partial charge in [-0.15, -0.1) is 24.0 Å². The van der Waals surface area contributed by atoms with E-state index < -0.39 is 10.0 Å². The number of hydrogen-bond acceptors (Lipinski definition) is 5. The number of furan rings is 1. The van der Waals surface area contributed by atoms with E-state index in [1.165, 1.54) is 12.8 Å². The summed E-state index contributed by atoms with van der Waals surface area (Å²) in [5.41, 5.74) is 0. The molecule has 1 aromatic heterocycles. The van der Waals surface area contributed by atoms with Crippen LogP contribution < -0.4 is 15.4 Å². The molecule has 0 radical (unpaired) electrons. The highest BCUT2D eigenvalue weighted by Crippen LogP contribution is 2.24. The van der Waals surface area contributed by atoms with Crippen LogP contribution in [0.5, 0.6) is 0 Å². The van der Waals surface area contributed by atoms with Gasteiger partial charge in [0.2, 0.25) is 10.0 Å². The number of sulfonamides is 1. The number of likely N-dealkylation sites (tertiary alicyclic amines) is 1. The third kappa shape index (κ3) is 7.41. The zero-order valence-corrected chi connectivity index (χ0v) is 18.5. The molecule has 26 heavy (non-hydrogen) atoms. The van der Waals surface area contributed by atoms with Crippen molar-refractivity contribution < 1.29 is 12.8 Å². The summed E-state index contributed by atoms with van der Waals surface area (Å²) in [6.45, 7) is 5.21. The van der Waals surface area contributed by atoms with Gasteiger partial charge in [-0.2, -0.15) is 0 Å². The monoisotopic (exact) mass is 499 g/mol. The Morgan fingerprint density at radius 1 is 1.31 bits per heavy atom. The molecule has 0 aromatic carbocycles. The van der Waals surface area contributed by atoms with Crippen LogP contribution >= 0.6 is 24.0 Å². The van der Waals surface area contributed by atoms with Gasteiger partial charge in [-0.1, -0.05) is 0 Å². The lowest BCUT2D eigenvalue weighted by atomic mass is 10.2. The van der Waals surface area contributed by atoms with Crippen LogP contribution in [0.2, 0.25) is 0 Å². The molecule has 1 aliphatic rings. The molecule has 10 heteroatoms. The van der Waals surface area contributed by atoms with Crippen LogP contribution in [0.1, 0.15) is 31.6 Å². The molecule has 0 aliphatic carbocycles. The van der Waals surface area contributed by atoms with Crippen molar-refractivity contribution in [1.82, 2.24) is 20.3 Å². The molecule has 1 unspecified atom stereocenters. The lowest BCUT2D eigenvalue weighted by molar-refractivity contribution is 0.215. The molecule has 0 bridgehead atoms. The Balaban J connectivity index is 0.00000338. The zero-order valence-electron chi connectivity index (χ0n) is 15.4. The Labute approximate surface area is 173 Å². The second-order valence-electron chi connectivity index (χ2n) is 5.95. The molecule has 1 atom stereocenters. The molecule has 0 spiro atoms. The predicted molar refractivity (Wildman–Crippen MR) is 114 cm³/mol. The van der Waals surface area contributed by atoms with Gasteiger partial charge in [0.05, 0.1) is 18.1 Å². The van der Waals surface area contributed by atoms with E-state index in [2.05, 4.69) is 25.2 Å². The second-order valence-corrected chi connectivity index (χ2v) is 8.05. The predicted octanol–water partition coefficient (Wildman–Crippen LogP) is 1.14. The van der Waals surface area contributed by atoms with Crippen LogP contribution in [-0.4, -0.2) is 64.8 Å². The van der Waals surface area contributed by atoms with Gasteiger partial charge in [0, 0.05) is 26.7 Å². The van der Waals surface area contributed by atoms with Crippen LogP contribution in [0.15, 0.2) is 27.8 Å². The summed E-state index contributed by atoms with van der Waals surface area (Å²) in [6, 6.07) is 4.07. The minimum atomic E-state index is -3.16. The number of hydrogen-bond donors (Lipinski definition) is 3. The maximum atomic E-state index is 11.4. The Morgan fingerprint density at radius 2 is 2.04 bits per heavy atom. The minimum absolute atomic E-state index is 0. The number of nitrogens with zero attached hydrogens (tertiary/aromatic N) is 2. The maximum absolute atomic E-state index is 11.4. The Morgan fingerprint density at radius 3 is 2.62 bits per heavy atom. The van der Waals surface area contributed by atoms with E-state index in [-0.39, 0.29) is 35.8 Å². The number of guanidine groups is 1. The summed E-state index contributed by atoms with van der Waals surface area (Å²) in [6.07, 6.45) is 4.12. The van der Waals surface area contributed by atoms with Gasteiger partial charge < -0.3 is 15.1 Å². The van der Waals surface area contributed by atoms with Crippen molar-refractivity contribution in [3.63, 3.8) is 0 Å². The SMILES string of the molecule is CCS(=O)(=O)NCCNC(=NC)NCC(c1ccco1)N1CCCC1.I. The number of aliphatic imine (C=N–C) groups is 1. The first-order chi connectivity index (χ1) is 12.1. The fourth-order valence-electron chi connectivity index (χ4n) is 2.85. The maximum Gasteiger partial charge on any atom is 0.211 e. The van der Waals surface area contributed by atoms with Crippen LogP contribution in [0, 0.1) is 0 Å². The van der Waals surface area contributed by atoms with E-state index in [9.17, 15) is 8.42 Å². The molecule has 2 heterocycles. The highest BCUT2D eigenvalue weighted by molar-refractivity contribution is 14.0. The van der Waals surface area contributed by atoms with Crippen LogP contribution in [0.25, 0.3) is 0 Å².